The Morgan fingerprint density at radius 1 is 1.45 bits per heavy atom. The second-order valence-corrected chi connectivity index (χ2v) is 5.31. The molecule has 0 aromatic heterocycles. The van der Waals surface area contributed by atoms with Gasteiger partial charge in [0.1, 0.15) is 5.75 Å². The second-order valence-electron chi connectivity index (χ2n) is 4.45. The molecule has 0 aliphatic rings. The third kappa shape index (κ3) is 6.59. The zero-order valence-electron chi connectivity index (χ0n) is 12.1. The van der Waals surface area contributed by atoms with Crippen molar-refractivity contribution in [2.24, 2.45) is 0 Å². The highest BCUT2D eigenvalue weighted by Crippen LogP contribution is 2.25. The molecule has 0 fully saturated rings. The largest absolute Gasteiger partial charge is 0.492 e. The summed E-state index contributed by atoms with van der Waals surface area (Å²) in [5.74, 6) is 0.870. The first kappa shape index (κ1) is 19.2. The zero-order chi connectivity index (χ0) is 14.3. The Balaban J connectivity index is 0.00000361. The molecule has 0 unspecified atom stereocenters. The molecule has 4 nitrogen and oxygen atoms in total. The van der Waals surface area contributed by atoms with Crippen LogP contribution in [-0.2, 0) is 4.79 Å². The van der Waals surface area contributed by atoms with Gasteiger partial charge in [-0.1, -0.05) is 6.07 Å². The molecule has 0 aliphatic heterocycles. The lowest BCUT2D eigenvalue weighted by Gasteiger charge is -2.17. The molecule has 0 bridgehead atoms. The van der Waals surface area contributed by atoms with Crippen molar-refractivity contribution in [2.45, 2.75) is 13.3 Å². The van der Waals surface area contributed by atoms with Gasteiger partial charge in [-0.3, -0.25) is 4.79 Å². The van der Waals surface area contributed by atoms with Crippen LogP contribution in [0.3, 0.4) is 0 Å². The number of carbonyl (C=O) groups excluding carboxylic acids is 1. The Morgan fingerprint density at radius 2 is 2.15 bits per heavy atom. The Hall–Kier alpha value is -0.780. The number of hydrogen-bond acceptors (Lipinski definition) is 3. The predicted molar refractivity (Wildman–Crippen MR) is 87.8 cm³/mol. The van der Waals surface area contributed by atoms with Crippen LogP contribution >= 0.6 is 28.3 Å². The molecule has 1 N–H and O–H groups in total. The first-order valence-corrected chi connectivity index (χ1v) is 7.11. The van der Waals surface area contributed by atoms with Crippen molar-refractivity contribution in [3.8, 4) is 5.75 Å². The lowest BCUT2D eigenvalue weighted by molar-refractivity contribution is -0.130. The van der Waals surface area contributed by atoms with E-state index in [9.17, 15) is 4.79 Å². The Labute approximate surface area is 135 Å². The van der Waals surface area contributed by atoms with Gasteiger partial charge in [-0.05, 0) is 47.6 Å². The minimum Gasteiger partial charge on any atom is -0.492 e. The van der Waals surface area contributed by atoms with Crippen LogP contribution < -0.4 is 10.1 Å². The number of aryl methyl sites for hydroxylation is 1. The summed E-state index contributed by atoms with van der Waals surface area (Å²) in [6.45, 7) is 3.93. The Morgan fingerprint density at radius 3 is 2.75 bits per heavy atom. The van der Waals surface area contributed by atoms with Crippen molar-refractivity contribution in [1.29, 1.82) is 0 Å². The van der Waals surface area contributed by atoms with Gasteiger partial charge in [0.15, 0.2) is 0 Å². The molecule has 0 atom stereocenters. The third-order valence-electron chi connectivity index (χ3n) is 2.78. The van der Waals surface area contributed by atoms with E-state index in [1.807, 2.05) is 39.2 Å². The van der Waals surface area contributed by atoms with E-state index in [1.165, 1.54) is 5.56 Å². The minimum absolute atomic E-state index is 0. The lowest BCUT2D eigenvalue weighted by atomic mass is 10.2. The van der Waals surface area contributed by atoms with Gasteiger partial charge in [0.05, 0.1) is 17.5 Å². The van der Waals surface area contributed by atoms with Gasteiger partial charge in [-0.15, -0.1) is 12.4 Å². The number of carbonyl (C=O) groups is 1. The van der Waals surface area contributed by atoms with Crippen molar-refractivity contribution in [3.05, 3.63) is 28.2 Å². The maximum atomic E-state index is 11.8. The fourth-order valence-corrected chi connectivity index (χ4v) is 2.17. The number of amides is 1. The maximum Gasteiger partial charge on any atom is 0.225 e. The number of rotatable bonds is 7. The first-order valence-electron chi connectivity index (χ1n) is 6.32. The van der Waals surface area contributed by atoms with Crippen LogP contribution in [0.2, 0.25) is 0 Å². The number of halogens is 2. The van der Waals surface area contributed by atoms with Crippen molar-refractivity contribution in [2.75, 3.05) is 33.8 Å². The average Bonchev–Trinajstić information content (AvgIpc) is 2.38. The van der Waals surface area contributed by atoms with E-state index in [-0.39, 0.29) is 18.3 Å². The van der Waals surface area contributed by atoms with Crippen molar-refractivity contribution >= 4 is 34.2 Å². The summed E-state index contributed by atoms with van der Waals surface area (Å²) in [4.78, 5) is 13.5. The van der Waals surface area contributed by atoms with Crippen molar-refractivity contribution < 1.29 is 9.53 Å². The number of likely N-dealkylation sites (N-methyl/N-ethyl adjacent to an activating group) is 2. The summed E-state index contributed by atoms with van der Waals surface area (Å²) in [7, 11) is 3.68. The Bertz CT molecular complexity index is 430. The van der Waals surface area contributed by atoms with E-state index < -0.39 is 0 Å². The second kappa shape index (κ2) is 10.0. The van der Waals surface area contributed by atoms with Gasteiger partial charge in [0.2, 0.25) is 5.91 Å². The van der Waals surface area contributed by atoms with E-state index in [1.54, 1.807) is 4.90 Å². The molecule has 1 rings (SSSR count). The third-order valence-corrected chi connectivity index (χ3v) is 3.40. The van der Waals surface area contributed by atoms with Gasteiger partial charge in [-0.2, -0.15) is 0 Å². The normalized spacial score (nSPS) is 9.80. The standard InChI is InChI=1S/C14H21BrN2O2.ClH/c1-11-4-5-13(12(15)10-11)19-9-6-14(18)17(3)8-7-16-2;/h4-5,10,16H,6-9H2,1-3H3;1H. The van der Waals surface area contributed by atoms with E-state index in [2.05, 4.69) is 21.2 Å². The van der Waals surface area contributed by atoms with Crippen LogP contribution in [-0.4, -0.2) is 44.6 Å². The van der Waals surface area contributed by atoms with Crippen LogP contribution in [0.25, 0.3) is 0 Å². The number of ether oxygens (including phenoxy) is 1. The maximum absolute atomic E-state index is 11.8. The topological polar surface area (TPSA) is 41.6 Å². The summed E-state index contributed by atoms with van der Waals surface area (Å²) in [5, 5.41) is 3.02. The molecule has 0 saturated heterocycles. The van der Waals surface area contributed by atoms with E-state index >= 15 is 0 Å². The van der Waals surface area contributed by atoms with Crippen LogP contribution in [0, 0.1) is 6.92 Å². The molecule has 6 heteroatoms. The quantitative estimate of drug-likeness (QED) is 0.807. The molecule has 114 valence electrons. The zero-order valence-corrected chi connectivity index (χ0v) is 14.5. The van der Waals surface area contributed by atoms with Crippen molar-refractivity contribution in [1.82, 2.24) is 10.2 Å². The highest BCUT2D eigenvalue weighted by molar-refractivity contribution is 9.10. The highest BCUT2D eigenvalue weighted by Gasteiger charge is 2.08. The van der Waals surface area contributed by atoms with E-state index in [4.69, 9.17) is 4.74 Å². The van der Waals surface area contributed by atoms with Gasteiger partial charge in [-0.25, -0.2) is 0 Å². The molecule has 0 saturated carbocycles. The smallest absolute Gasteiger partial charge is 0.225 e. The van der Waals surface area contributed by atoms with Gasteiger partial charge >= 0.3 is 0 Å². The number of nitrogens with one attached hydrogen (secondary N) is 1. The molecule has 0 aliphatic carbocycles. The summed E-state index contributed by atoms with van der Waals surface area (Å²) in [6, 6.07) is 5.89. The summed E-state index contributed by atoms with van der Waals surface area (Å²) >= 11 is 3.45. The molecule has 1 amide bonds. The van der Waals surface area contributed by atoms with E-state index in [0.717, 1.165) is 16.8 Å². The molecular formula is C14H22BrClN2O2. The highest BCUT2D eigenvalue weighted by atomic mass is 79.9. The SMILES string of the molecule is CNCCN(C)C(=O)CCOc1ccc(C)cc1Br.Cl. The Kier molecular flexibility index (Phi) is 9.63. The number of hydrogen-bond donors (Lipinski definition) is 1. The van der Waals surface area contributed by atoms with Gasteiger partial charge < -0.3 is 15.0 Å². The molecule has 20 heavy (non-hydrogen) atoms. The fraction of sp³-hybridized carbons (Fsp3) is 0.500. The van der Waals surface area contributed by atoms with Crippen LogP contribution in [0.1, 0.15) is 12.0 Å². The molecule has 0 radical (unpaired) electrons. The minimum atomic E-state index is 0. The molecule has 1 aromatic carbocycles. The molecule has 0 heterocycles. The summed E-state index contributed by atoms with van der Waals surface area (Å²) in [6.07, 6.45) is 0.389. The lowest BCUT2D eigenvalue weighted by Crippen LogP contribution is -2.33. The summed E-state index contributed by atoms with van der Waals surface area (Å²) < 4.78 is 6.53. The van der Waals surface area contributed by atoms with Crippen LogP contribution in [0.5, 0.6) is 5.75 Å². The average molecular weight is 366 g/mol. The first-order chi connectivity index (χ1) is 9.04. The monoisotopic (exact) mass is 364 g/mol. The summed E-state index contributed by atoms with van der Waals surface area (Å²) in [5.41, 5.74) is 1.17. The van der Waals surface area contributed by atoms with Crippen LogP contribution in [0.4, 0.5) is 0 Å². The molecule has 0 spiro atoms. The fourth-order valence-electron chi connectivity index (χ4n) is 1.57. The van der Waals surface area contributed by atoms with E-state index in [0.29, 0.717) is 19.6 Å². The molecule has 1 aromatic rings. The number of benzene rings is 1. The predicted octanol–water partition coefficient (Wildman–Crippen LogP) is 2.63. The molecular weight excluding hydrogens is 344 g/mol. The van der Waals surface area contributed by atoms with Crippen LogP contribution in [0.15, 0.2) is 22.7 Å². The van der Waals surface area contributed by atoms with Gasteiger partial charge in [0, 0.05) is 20.1 Å². The van der Waals surface area contributed by atoms with Crippen molar-refractivity contribution in [3.63, 3.8) is 0 Å². The van der Waals surface area contributed by atoms with Gasteiger partial charge in [0.25, 0.3) is 0 Å². The number of nitrogens with zero attached hydrogens (tertiary/aromatic N) is 1.